The minimum atomic E-state index is -0.0439. The fourth-order valence-electron chi connectivity index (χ4n) is 2.32. The number of hydrogen-bond acceptors (Lipinski definition) is 3. The molecule has 0 amide bonds. The predicted octanol–water partition coefficient (Wildman–Crippen LogP) is 2.52. The van der Waals surface area contributed by atoms with Crippen LogP contribution in [-0.4, -0.2) is 18.0 Å². The minimum Gasteiger partial charge on any atom is -0.472 e. The molecule has 4 unspecified atom stereocenters. The molecule has 4 atom stereocenters. The highest BCUT2D eigenvalue weighted by molar-refractivity contribution is 5.98. The standard InChI is InChI=1S/C12H16O3/c1-7-8(2)15-9(3)11(7)12(13)10-4-5-14-6-10/h4-9,11H,1-3H3. The van der Waals surface area contributed by atoms with E-state index in [4.69, 9.17) is 9.15 Å². The van der Waals surface area contributed by atoms with Crippen molar-refractivity contribution in [1.82, 2.24) is 0 Å². The smallest absolute Gasteiger partial charge is 0.172 e. The van der Waals surface area contributed by atoms with Gasteiger partial charge < -0.3 is 9.15 Å². The van der Waals surface area contributed by atoms with Crippen LogP contribution in [0.3, 0.4) is 0 Å². The summed E-state index contributed by atoms with van der Waals surface area (Å²) >= 11 is 0. The first-order chi connectivity index (χ1) is 7.11. The van der Waals surface area contributed by atoms with Gasteiger partial charge in [-0.1, -0.05) is 6.92 Å². The van der Waals surface area contributed by atoms with Gasteiger partial charge in [-0.2, -0.15) is 0 Å². The number of furan rings is 1. The summed E-state index contributed by atoms with van der Waals surface area (Å²) in [6.07, 6.45) is 3.19. The van der Waals surface area contributed by atoms with Crippen molar-refractivity contribution in [3.63, 3.8) is 0 Å². The molecule has 3 heteroatoms. The molecule has 2 heterocycles. The molecular weight excluding hydrogens is 192 g/mol. The van der Waals surface area contributed by atoms with Gasteiger partial charge in [0, 0.05) is 0 Å². The van der Waals surface area contributed by atoms with Crippen LogP contribution in [0.2, 0.25) is 0 Å². The molecule has 15 heavy (non-hydrogen) atoms. The lowest BCUT2D eigenvalue weighted by Crippen LogP contribution is -2.26. The van der Waals surface area contributed by atoms with Gasteiger partial charge in [0.05, 0.1) is 30.0 Å². The zero-order chi connectivity index (χ0) is 11.0. The zero-order valence-corrected chi connectivity index (χ0v) is 9.27. The molecule has 1 fully saturated rings. The van der Waals surface area contributed by atoms with E-state index in [0.717, 1.165) is 0 Å². The second kappa shape index (κ2) is 3.81. The number of ketones is 1. The van der Waals surface area contributed by atoms with Gasteiger partial charge in [-0.25, -0.2) is 0 Å². The molecule has 0 radical (unpaired) electrons. The van der Waals surface area contributed by atoms with Crippen molar-refractivity contribution in [3.8, 4) is 0 Å². The summed E-state index contributed by atoms with van der Waals surface area (Å²) in [6.45, 7) is 6.04. The van der Waals surface area contributed by atoms with Crippen LogP contribution in [0.25, 0.3) is 0 Å². The Hall–Kier alpha value is -1.09. The Balaban J connectivity index is 2.20. The van der Waals surface area contributed by atoms with Crippen molar-refractivity contribution < 1.29 is 13.9 Å². The second-order valence-electron chi connectivity index (χ2n) is 4.31. The molecule has 0 bridgehead atoms. The molecule has 0 spiro atoms. The lowest BCUT2D eigenvalue weighted by molar-refractivity contribution is 0.0491. The maximum absolute atomic E-state index is 12.1. The maximum atomic E-state index is 12.1. The molecule has 0 saturated carbocycles. The average molecular weight is 208 g/mol. The van der Waals surface area contributed by atoms with Crippen molar-refractivity contribution in [1.29, 1.82) is 0 Å². The van der Waals surface area contributed by atoms with E-state index < -0.39 is 0 Å². The molecule has 1 aliphatic rings. The number of Topliss-reactive ketones (excluding diaryl/α,β-unsaturated/α-hetero) is 1. The molecule has 3 nitrogen and oxygen atoms in total. The molecule has 0 aromatic carbocycles. The normalized spacial score (nSPS) is 35.7. The van der Waals surface area contributed by atoms with E-state index in [-0.39, 0.29) is 29.8 Å². The van der Waals surface area contributed by atoms with Crippen molar-refractivity contribution >= 4 is 5.78 Å². The lowest BCUT2D eigenvalue weighted by atomic mass is 9.84. The van der Waals surface area contributed by atoms with Gasteiger partial charge in [0.15, 0.2) is 5.78 Å². The lowest BCUT2D eigenvalue weighted by Gasteiger charge is -2.15. The van der Waals surface area contributed by atoms with E-state index >= 15 is 0 Å². The third-order valence-corrected chi connectivity index (χ3v) is 3.35. The summed E-state index contributed by atoms with van der Waals surface area (Å²) < 4.78 is 10.6. The molecule has 1 aromatic heterocycles. The van der Waals surface area contributed by atoms with Crippen LogP contribution in [0.4, 0.5) is 0 Å². The zero-order valence-electron chi connectivity index (χ0n) is 9.27. The number of hydrogen-bond donors (Lipinski definition) is 0. The summed E-state index contributed by atoms with van der Waals surface area (Å²) in [7, 11) is 0. The topological polar surface area (TPSA) is 39.4 Å². The fourth-order valence-corrected chi connectivity index (χ4v) is 2.32. The van der Waals surface area contributed by atoms with Crippen LogP contribution in [-0.2, 0) is 4.74 Å². The Kier molecular flexibility index (Phi) is 2.65. The second-order valence-corrected chi connectivity index (χ2v) is 4.31. The van der Waals surface area contributed by atoms with E-state index in [1.165, 1.54) is 12.5 Å². The summed E-state index contributed by atoms with van der Waals surface area (Å²) in [5.41, 5.74) is 0.649. The van der Waals surface area contributed by atoms with Gasteiger partial charge in [0.1, 0.15) is 6.26 Å². The molecule has 1 aromatic rings. The van der Waals surface area contributed by atoms with Gasteiger partial charge in [-0.3, -0.25) is 4.79 Å². The summed E-state index contributed by atoms with van der Waals surface area (Å²) in [5.74, 6) is 0.355. The predicted molar refractivity (Wildman–Crippen MR) is 55.7 cm³/mol. The first-order valence-corrected chi connectivity index (χ1v) is 5.33. The third kappa shape index (κ3) is 1.72. The van der Waals surface area contributed by atoms with Gasteiger partial charge in [0.25, 0.3) is 0 Å². The molecule has 0 aliphatic carbocycles. The number of rotatable bonds is 2. The number of carbonyl (C=O) groups excluding carboxylic acids is 1. The molecule has 1 saturated heterocycles. The quantitative estimate of drug-likeness (QED) is 0.701. The maximum Gasteiger partial charge on any atom is 0.172 e. The van der Waals surface area contributed by atoms with Gasteiger partial charge in [-0.15, -0.1) is 0 Å². The highest BCUT2D eigenvalue weighted by Gasteiger charge is 2.41. The number of carbonyl (C=O) groups is 1. The SMILES string of the molecule is CC1OC(C)C(C(=O)c2ccoc2)C1C. The molecule has 1 aliphatic heterocycles. The Labute approximate surface area is 89.4 Å². The largest absolute Gasteiger partial charge is 0.472 e. The van der Waals surface area contributed by atoms with Crippen LogP contribution in [0.5, 0.6) is 0 Å². The van der Waals surface area contributed by atoms with Gasteiger partial charge >= 0.3 is 0 Å². The molecular formula is C12H16O3. The van der Waals surface area contributed by atoms with Crippen LogP contribution >= 0.6 is 0 Å². The first-order valence-electron chi connectivity index (χ1n) is 5.33. The highest BCUT2D eigenvalue weighted by Crippen LogP contribution is 2.34. The summed E-state index contributed by atoms with van der Waals surface area (Å²) in [6, 6.07) is 1.71. The molecule has 0 N–H and O–H groups in total. The van der Waals surface area contributed by atoms with E-state index in [1.54, 1.807) is 6.07 Å². The summed E-state index contributed by atoms with van der Waals surface area (Å²) in [5, 5.41) is 0. The van der Waals surface area contributed by atoms with Crippen LogP contribution in [0, 0.1) is 11.8 Å². The van der Waals surface area contributed by atoms with E-state index in [9.17, 15) is 4.79 Å². The third-order valence-electron chi connectivity index (χ3n) is 3.35. The van der Waals surface area contributed by atoms with Crippen LogP contribution in [0.15, 0.2) is 23.0 Å². The molecule has 2 rings (SSSR count). The van der Waals surface area contributed by atoms with Gasteiger partial charge in [0.2, 0.25) is 0 Å². The van der Waals surface area contributed by atoms with Gasteiger partial charge in [-0.05, 0) is 25.8 Å². The average Bonchev–Trinajstić information content (AvgIpc) is 2.76. The Bertz CT molecular complexity index is 342. The summed E-state index contributed by atoms with van der Waals surface area (Å²) in [4.78, 5) is 12.1. The van der Waals surface area contributed by atoms with Crippen molar-refractivity contribution in [2.24, 2.45) is 11.8 Å². The van der Waals surface area contributed by atoms with E-state index in [0.29, 0.717) is 5.56 Å². The van der Waals surface area contributed by atoms with E-state index in [2.05, 4.69) is 6.92 Å². The Morgan fingerprint density at radius 3 is 2.47 bits per heavy atom. The van der Waals surface area contributed by atoms with Crippen LogP contribution in [0.1, 0.15) is 31.1 Å². The van der Waals surface area contributed by atoms with Crippen molar-refractivity contribution in [2.45, 2.75) is 33.0 Å². The first kappa shape index (κ1) is 10.4. The highest BCUT2D eigenvalue weighted by atomic mass is 16.5. The monoisotopic (exact) mass is 208 g/mol. The Morgan fingerprint density at radius 1 is 1.27 bits per heavy atom. The Morgan fingerprint density at radius 2 is 2.00 bits per heavy atom. The minimum absolute atomic E-state index is 0.00241. The van der Waals surface area contributed by atoms with E-state index in [1.807, 2.05) is 13.8 Å². The molecule has 82 valence electrons. The number of ether oxygens (including phenoxy) is 1. The fraction of sp³-hybridized carbons (Fsp3) is 0.583. The van der Waals surface area contributed by atoms with Crippen molar-refractivity contribution in [3.05, 3.63) is 24.2 Å². The van der Waals surface area contributed by atoms with Crippen molar-refractivity contribution in [2.75, 3.05) is 0 Å². The van der Waals surface area contributed by atoms with Crippen LogP contribution < -0.4 is 0 Å².